The number of hydrogen-bond donors (Lipinski definition) is 5. The molecule has 1 aliphatic rings. The molecular weight excluding hydrogens is 564 g/mol. The van der Waals surface area contributed by atoms with Gasteiger partial charge in [-0.2, -0.15) is 0 Å². The lowest BCUT2D eigenvalue weighted by Gasteiger charge is -2.38. The Kier molecular flexibility index (Phi) is 11.3. The maximum absolute atomic E-state index is 14.0. The van der Waals surface area contributed by atoms with E-state index in [2.05, 4.69) is 16.0 Å². The highest BCUT2D eigenvalue weighted by atomic mass is 16.5. The zero-order valence-corrected chi connectivity index (χ0v) is 24.6. The van der Waals surface area contributed by atoms with Crippen LogP contribution in [0.15, 0.2) is 78.9 Å². The molecule has 0 aliphatic carbocycles. The average Bonchev–Trinajstić information content (AvgIpc) is 3.02. The summed E-state index contributed by atoms with van der Waals surface area (Å²) in [7, 11) is 0. The molecule has 232 valence electrons. The number of hydrogen-bond acceptors (Lipinski definition) is 8. The minimum absolute atomic E-state index is 0.0724. The minimum atomic E-state index is -1.03. The molecule has 3 aromatic carbocycles. The van der Waals surface area contributed by atoms with E-state index in [1.165, 1.54) is 17.0 Å². The van der Waals surface area contributed by atoms with Crippen molar-refractivity contribution in [3.63, 3.8) is 0 Å². The summed E-state index contributed by atoms with van der Waals surface area (Å²) in [6.45, 7) is 2.20. The normalized spacial score (nSPS) is 16.1. The SMILES string of the molecule is CCOC(=O)CNC(=O)[C@H](Cc1ccccc1)NC(=O)[C@@H](Cc1ccc(O)cc1)N1CCN[C@H](Cc2ccc(O)cc2)C1=O. The fourth-order valence-corrected chi connectivity index (χ4v) is 5.11. The predicted molar refractivity (Wildman–Crippen MR) is 163 cm³/mol. The number of piperazine rings is 1. The Morgan fingerprint density at radius 3 is 2.14 bits per heavy atom. The predicted octanol–water partition coefficient (Wildman–Crippen LogP) is 1.46. The molecule has 0 unspecified atom stereocenters. The smallest absolute Gasteiger partial charge is 0.325 e. The van der Waals surface area contributed by atoms with Crippen molar-refractivity contribution >= 4 is 23.7 Å². The number of nitrogens with zero attached hydrogens (tertiary/aromatic N) is 1. The molecule has 3 amide bonds. The lowest BCUT2D eigenvalue weighted by atomic mass is 9.98. The number of phenols is 2. The van der Waals surface area contributed by atoms with Gasteiger partial charge in [-0.25, -0.2) is 0 Å². The highest BCUT2D eigenvalue weighted by molar-refractivity contribution is 5.94. The van der Waals surface area contributed by atoms with Crippen LogP contribution in [0.1, 0.15) is 23.6 Å². The molecule has 0 bridgehead atoms. The van der Waals surface area contributed by atoms with Gasteiger partial charge in [0.2, 0.25) is 17.7 Å². The van der Waals surface area contributed by atoms with Crippen LogP contribution in [0.5, 0.6) is 11.5 Å². The highest BCUT2D eigenvalue weighted by Crippen LogP contribution is 2.19. The van der Waals surface area contributed by atoms with Gasteiger partial charge in [-0.15, -0.1) is 0 Å². The van der Waals surface area contributed by atoms with Crippen molar-refractivity contribution < 1.29 is 34.1 Å². The van der Waals surface area contributed by atoms with Gasteiger partial charge in [-0.05, 0) is 54.3 Å². The zero-order valence-electron chi connectivity index (χ0n) is 24.6. The van der Waals surface area contributed by atoms with E-state index in [1.54, 1.807) is 43.3 Å². The first-order valence-corrected chi connectivity index (χ1v) is 14.6. The molecular formula is C33H38N4O7. The average molecular weight is 603 g/mol. The number of esters is 1. The molecule has 1 heterocycles. The molecule has 3 aromatic rings. The Bertz CT molecular complexity index is 1410. The molecule has 1 saturated heterocycles. The Morgan fingerprint density at radius 1 is 0.886 bits per heavy atom. The second-order valence-corrected chi connectivity index (χ2v) is 10.6. The summed E-state index contributed by atoms with van der Waals surface area (Å²) in [5.41, 5.74) is 2.36. The number of rotatable bonds is 13. The largest absolute Gasteiger partial charge is 0.508 e. The number of carbonyl (C=O) groups is 4. The molecule has 44 heavy (non-hydrogen) atoms. The van der Waals surface area contributed by atoms with Crippen LogP contribution in [0, 0.1) is 0 Å². The number of ether oxygens (including phenoxy) is 1. The topological polar surface area (TPSA) is 157 Å². The van der Waals surface area contributed by atoms with Crippen LogP contribution in [0.2, 0.25) is 0 Å². The van der Waals surface area contributed by atoms with Crippen LogP contribution < -0.4 is 16.0 Å². The van der Waals surface area contributed by atoms with E-state index in [0.717, 1.165) is 16.7 Å². The molecule has 11 heteroatoms. The minimum Gasteiger partial charge on any atom is -0.508 e. The highest BCUT2D eigenvalue weighted by Gasteiger charge is 2.37. The Hall–Kier alpha value is -4.90. The molecule has 5 N–H and O–H groups in total. The molecule has 4 rings (SSSR count). The van der Waals surface area contributed by atoms with E-state index in [1.807, 2.05) is 30.3 Å². The first kappa shape index (κ1) is 32.0. The van der Waals surface area contributed by atoms with Crippen molar-refractivity contribution in [2.45, 2.75) is 44.3 Å². The maximum atomic E-state index is 14.0. The second kappa shape index (κ2) is 15.5. The van der Waals surface area contributed by atoms with Gasteiger partial charge < -0.3 is 35.8 Å². The van der Waals surface area contributed by atoms with Gasteiger partial charge in [0, 0.05) is 25.9 Å². The Balaban J connectivity index is 1.57. The van der Waals surface area contributed by atoms with Crippen LogP contribution >= 0.6 is 0 Å². The third-order valence-corrected chi connectivity index (χ3v) is 7.37. The van der Waals surface area contributed by atoms with Gasteiger partial charge in [0.1, 0.15) is 30.1 Å². The van der Waals surface area contributed by atoms with E-state index in [0.29, 0.717) is 13.0 Å². The first-order chi connectivity index (χ1) is 21.2. The van der Waals surface area contributed by atoms with Gasteiger partial charge in [0.25, 0.3) is 0 Å². The second-order valence-electron chi connectivity index (χ2n) is 10.6. The van der Waals surface area contributed by atoms with Crippen molar-refractivity contribution in [1.82, 2.24) is 20.9 Å². The van der Waals surface area contributed by atoms with Crippen LogP contribution in [0.4, 0.5) is 0 Å². The number of carbonyl (C=O) groups excluding carboxylic acids is 4. The van der Waals surface area contributed by atoms with Crippen molar-refractivity contribution in [1.29, 1.82) is 0 Å². The van der Waals surface area contributed by atoms with E-state index in [9.17, 15) is 29.4 Å². The zero-order chi connectivity index (χ0) is 31.5. The van der Waals surface area contributed by atoms with Gasteiger partial charge in [-0.3, -0.25) is 19.2 Å². The van der Waals surface area contributed by atoms with Gasteiger partial charge in [0.05, 0.1) is 12.6 Å². The van der Waals surface area contributed by atoms with Gasteiger partial charge in [0.15, 0.2) is 0 Å². The van der Waals surface area contributed by atoms with Crippen molar-refractivity contribution in [2.24, 2.45) is 0 Å². The van der Waals surface area contributed by atoms with Crippen LogP contribution in [0.25, 0.3) is 0 Å². The van der Waals surface area contributed by atoms with E-state index in [4.69, 9.17) is 4.74 Å². The summed E-state index contributed by atoms with van der Waals surface area (Å²) in [4.78, 5) is 54.5. The van der Waals surface area contributed by atoms with Crippen molar-refractivity contribution in [2.75, 3.05) is 26.2 Å². The number of phenolic OH excluding ortho intramolecular Hbond substituents is 2. The summed E-state index contributed by atoms with van der Waals surface area (Å²) < 4.78 is 4.91. The number of aromatic hydroxyl groups is 2. The molecule has 0 radical (unpaired) electrons. The lowest BCUT2D eigenvalue weighted by molar-refractivity contribution is -0.145. The fraction of sp³-hybridized carbons (Fsp3) is 0.333. The van der Waals surface area contributed by atoms with E-state index >= 15 is 0 Å². The van der Waals surface area contributed by atoms with E-state index < -0.39 is 35.9 Å². The summed E-state index contributed by atoms with van der Waals surface area (Å²) in [6.07, 6.45) is 0.661. The molecule has 11 nitrogen and oxygen atoms in total. The fourth-order valence-electron chi connectivity index (χ4n) is 5.11. The van der Waals surface area contributed by atoms with E-state index in [-0.39, 0.29) is 49.9 Å². The number of nitrogens with one attached hydrogen (secondary N) is 3. The summed E-state index contributed by atoms with van der Waals surface area (Å²) in [5, 5.41) is 28.0. The lowest BCUT2D eigenvalue weighted by Crippen LogP contribution is -2.63. The van der Waals surface area contributed by atoms with Crippen molar-refractivity contribution in [3.8, 4) is 11.5 Å². The third kappa shape index (κ3) is 9.05. The number of amides is 3. The van der Waals surface area contributed by atoms with Crippen molar-refractivity contribution in [3.05, 3.63) is 95.6 Å². The number of benzene rings is 3. The summed E-state index contributed by atoms with van der Waals surface area (Å²) in [6, 6.07) is 19.6. The summed E-state index contributed by atoms with van der Waals surface area (Å²) >= 11 is 0. The van der Waals surface area contributed by atoms with Gasteiger partial charge in [-0.1, -0.05) is 54.6 Å². The van der Waals surface area contributed by atoms with Crippen LogP contribution in [-0.4, -0.2) is 83.2 Å². The third-order valence-electron chi connectivity index (χ3n) is 7.37. The van der Waals surface area contributed by atoms with Crippen LogP contribution in [0.3, 0.4) is 0 Å². The maximum Gasteiger partial charge on any atom is 0.325 e. The Labute approximate surface area is 256 Å². The molecule has 1 aliphatic heterocycles. The molecule has 0 aromatic heterocycles. The van der Waals surface area contributed by atoms with Crippen LogP contribution in [-0.2, 0) is 43.2 Å². The molecule has 0 saturated carbocycles. The summed E-state index contributed by atoms with van der Waals surface area (Å²) in [5.74, 6) is -1.75. The monoisotopic (exact) mass is 602 g/mol. The standard InChI is InChI=1S/C33H38N4O7/c1-2-44-30(40)21-35-31(41)27(18-22-6-4-3-5-7-22)36-32(42)29(20-24-10-14-26(39)15-11-24)37-17-16-34-28(33(37)43)19-23-8-12-25(38)13-9-23/h3-15,27-29,34,38-39H,2,16-21H2,1H3,(H,35,41)(H,36,42)/t27-,28+,29+/m0/s1. The quantitative estimate of drug-likeness (QED) is 0.184. The molecule has 1 fully saturated rings. The Morgan fingerprint density at radius 2 is 1.50 bits per heavy atom. The molecule has 3 atom stereocenters. The van der Waals surface area contributed by atoms with Gasteiger partial charge >= 0.3 is 5.97 Å². The first-order valence-electron chi connectivity index (χ1n) is 14.6. The molecule has 0 spiro atoms.